The zero-order valence-corrected chi connectivity index (χ0v) is 27.1. The maximum Gasteiger partial charge on any atom is 0.303 e. The first-order valence-electron chi connectivity index (χ1n) is 15.6. The van der Waals surface area contributed by atoms with Crippen LogP contribution in [-0.2, 0) is 51.2 Å². The van der Waals surface area contributed by atoms with Crippen molar-refractivity contribution in [2.75, 3.05) is 6.61 Å². The fourth-order valence-electron chi connectivity index (χ4n) is 8.18. The Hall–Kier alpha value is -3.24. The molecule has 45 heavy (non-hydrogen) atoms. The van der Waals surface area contributed by atoms with E-state index in [0.29, 0.717) is 18.6 Å². The summed E-state index contributed by atoms with van der Waals surface area (Å²) in [6.07, 6.45) is -2.72. The second-order valence-corrected chi connectivity index (χ2v) is 13.4. The highest BCUT2D eigenvalue weighted by molar-refractivity contribution is 5.67. The lowest BCUT2D eigenvalue weighted by Crippen LogP contribution is -2.83. The third kappa shape index (κ3) is 5.80. The van der Waals surface area contributed by atoms with Gasteiger partial charge in [-0.3, -0.25) is 9.59 Å². The van der Waals surface area contributed by atoms with Crippen LogP contribution in [0.2, 0.25) is 0 Å². The Morgan fingerprint density at radius 2 is 1.44 bits per heavy atom. The average molecular weight is 623 g/mol. The van der Waals surface area contributed by atoms with Crippen molar-refractivity contribution < 1.29 is 43.1 Å². The standard InChI is InChI=1S/C36H46O9/c1-23(2)43-31-29-30(44-25(4)38)32(41-21-27-16-12-9-13-17-27)35(22-42-24(3)37)28(40-20-26-14-10-8-11-15-26)18-19-34(7,39)36(31,35)45-33(29,5)6/h8-17,28-32,39H,1,18-22H2,2-7H3/t28-,29+,30+,31+,32+,34-,35-,36-/m0/s1. The first-order chi connectivity index (χ1) is 21.2. The van der Waals surface area contributed by atoms with E-state index in [1.165, 1.54) is 13.8 Å². The minimum Gasteiger partial charge on any atom is -0.492 e. The van der Waals surface area contributed by atoms with Crippen LogP contribution >= 0.6 is 0 Å². The normalized spacial score (nSPS) is 34.8. The molecule has 2 aliphatic carbocycles. The van der Waals surface area contributed by atoms with Gasteiger partial charge in [-0.25, -0.2) is 0 Å². The predicted octanol–water partition coefficient (Wildman–Crippen LogP) is 5.28. The Morgan fingerprint density at radius 3 is 1.98 bits per heavy atom. The van der Waals surface area contributed by atoms with Crippen LogP contribution in [0.5, 0.6) is 0 Å². The number of carbonyl (C=O) groups is 2. The molecule has 1 spiro atoms. The fourth-order valence-corrected chi connectivity index (χ4v) is 8.18. The number of fused-ring (bicyclic) bond motifs is 1. The van der Waals surface area contributed by atoms with Crippen LogP contribution in [0, 0.1) is 11.3 Å². The Kier molecular flexibility index (Phi) is 9.21. The molecule has 8 atom stereocenters. The van der Waals surface area contributed by atoms with Gasteiger partial charge >= 0.3 is 11.9 Å². The maximum absolute atomic E-state index is 12.9. The van der Waals surface area contributed by atoms with Crippen LogP contribution in [-0.4, -0.2) is 64.9 Å². The minimum atomic E-state index is -1.54. The number of allylic oxidation sites excluding steroid dienone is 1. The zero-order valence-electron chi connectivity index (χ0n) is 27.1. The third-order valence-electron chi connectivity index (χ3n) is 9.78. The summed E-state index contributed by atoms with van der Waals surface area (Å²) in [4.78, 5) is 25.5. The van der Waals surface area contributed by atoms with Crippen LogP contribution in [0.25, 0.3) is 0 Å². The largest absolute Gasteiger partial charge is 0.492 e. The number of hydrogen-bond acceptors (Lipinski definition) is 9. The Labute approximate surface area is 265 Å². The number of carbonyl (C=O) groups excluding carboxylic acids is 2. The van der Waals surface area contributed by atoms with Crippen molar-refractivity contribution >= 4 is 11.9 Å². The molecule has 1 aliphatic heterocycles. The van der Waals surface area contributed by atoms with Crippen LogP contribution in [0.3, 0.4) is 0 Å². The van der Waals surface area contributed by atoms with Crippen molar-refractivity contribution in [3.63, 3.8) is 0 Å². The van der Waals surface area contributed by atoms with E-state index in [1.807, 2.05) is 74.5 Å². The second-order valence-electron chi connectivity index (χ2n) is 13.4. The van der Waals surface area contributed by atoms with Gasteiger partial charge in [0.15, 0.2) is 0 Å². The van der Waals surface area contributed by atoms with E-state index in [2.05, 4.69) is 6.58 Å². The van der Waals surface area contributed by atoms with Crippen LogP contribution in [0.4, 0.5) is 0 Å². The molecule has 244 valence electrons. The number of esters is 2. The highest BCUT2D eigenvalue weighted by Gasteiger charge is 2.86. The van der Waals surface area contributed by atoms with Gasteiger partial charge in [0.25, 0.3) is 0 Å². The van der Waals surface area contributed by atoms with Gasteiger partial charge in [0.1, 0.15) is 30.5 Å². The van der Waals surface area contributed by atoms with Gasteiger partial charge in [-0.05, 0) is 51.7 Å². The van der Waals surface area contributed by atoms with E-state index in [9.17, 15) is 14.7 Å². The molecule has 2 aromatic carbocycles. The number of ether oxygens (including phenoxy) is 6. The Balaban J connectivity index is 1.77. The summed E-state index contributed by atoms with van der Waals surface area (Å²) in [5, 5.41) is 12.6. The van der Waals surface area contributed by atoms with Crippen molar-refractivity contribution in [3.05, 3.63) is 84.1 Å². The van der Waals surface area contributed by atoms with Crippen LogP contribution in [0.15, 0.2) is 73.0 Å². The van der Waals surface area contributed by atoms with Gasteiger partial charge in [0.05, 0.1) is 47.6 Å². The van der Waals surface area contributed by atoms with Crippen molar-refractivity contribution in [1.82, 2.24) is 0 Å². The zero-order chi connectivity index (χ0) is 32.6. The molecule has 0 radical (unpaired) electrons. The monoisotopic (exact) mass is 622 g/mol. The molecule has 9 heteroatoms. The van der Waals surface area contributed by atoms with Gasteiger partial charge in [0, 0.05) is 13.8 Å². The quantitative estimate of drug-likeness (QED) is 0.264. The van der Waals surface area contributed by atoms with Crippen LogP contribution < -0.4 is 0 Å². The molecule has 2 saturated carbocycles. The van der Waals surface area contributed by atoms with Crippen molar-refractivity contribution in [2.24, 2.45) is 11.3 Å². The molecule has 0 amide bonds. The SMILES string of the molecule is C=C(C)O[C@@H]1[C@H]2[C@@H](OC(C)=O)[C@@H](OCc3ccccc3)[C@]3(COC(C)=O)[C@@H](OCc4ccccc4)CC[C@](C)(O)[C@@]13OC2(C)C. The van der Waals surface area contributed by atoms with Crippen molar-refractivity contribution in [3.8, 4) is 0 Å². The number of aliphatic hydroxyl groups is 1. The van der Waals surface area contributed by atoms with Crippen LogP contribution in [0.1, 0.15) is 65.5 Å². The lowest BCUT2D eigenvalue weighted by Gasteiger charge is -2.66. The molecule has 1 N–H and O–H groups in total. The fraction of sp³-hybridized carbons (Fsp3) is 0.556. The summed E-state index contributed by atoms with van der Waals surface area (Å²) >= 11 is 0. The number of rotatable bonds is 11. The van der Waals surface area contributed by atoms with E-state index >= 15 is 0 Å². The van der Waals surface area contributed by atoms with Crippen molar-refractivity contribution in [1.29, 1.82) is 0 Å². The summed E-state index contributed by atoms with van der Waals surface area (Å²) in [7, 11) is 0. The van der Waals surface area contributed by atoms with Crippen molar-refractivity contribution in [2.45, 2.75) is 109 Å². The Bertz CT molecular complexity index is 1370. The molecule has 0 aromatic heterocycles. The van der Waals surface area contributed by atoms with E-state index in [1.54, 1.807) is 13.8 Å². The highest BCUT2D eigenvalue weighted by Crippen LogP contribution is 2.69. The molecule has 3 aliphatic rings. The van der Waals surface area contributed by atoms with Gasteiger partial charge in [0.2, 0.25) is 0 Å². The number of benzene rings is 2. The summed E-state index contributed by atoms with van der Waals surface area (Å²) in [6.45, 7) is 14.2. The molecule has 2 bridgehead atoms. The maximum atomic E-state index is 12.9. The lowest BCUT2D eigenvalue weighted by molar-refractivity contribution is -0.360. The molecule has 2 aromatic rings. The molecule has 0 unspecified atom stereocenters. The topological polar surface area (TPSA) is 110 Å². The predicted molar refractivity (Wildman–Crippen MR) is 166 cm³/mol. The van der Waals surface area contributed by atoms with E-state index in [0.717, 1.165) is 11.1 Å². The molecule has 1 heterocycles. The molecule has 3 fully saturated rings. The number of hydrogen-bond donors (Lipinski definition) is 1. The van der Waals surface area contributed by atoms with Gasteiger partial charge in [-0.15, -0.1) is 0 Å². The van der Waals surface area contributed by atoms with E-state index in [4.69, 9.17) is 28.4 Å². The molecule has 1 saturated heterocycles. The summed E-state index contributed by atoms with van der Waals surface area (Å²) in [6, 6.07) is 19.4. The lowest BCUT2D eigenvalue weighted by atomic mass is 9.46. The molecule has 9 nitrogen and oxygen atoms in total. The minimum absolute atomic E-state index is 0.161. The first-order valence-corrected chi connectivity index (χ1v) is 15.6. The average Bonchev–Trinajstić information content (AvgIpc) is 3.17. The van der Waals surface area contributed by atoms with Gasteiger partial charge in [-0.2, -0.15) is 0 Å². The highest BCUT2D eigenvalue weighted by atomic mass is 16.6. The first kappa shape index (κ1) is 33.1. The summed E-state index contributed by atoms with van der Waals surface area (Å²) in [5.41, 5.74) is -3.61. The Morgan fingerprint density at radius 1 is 0.867 bits per heavy atom. The third-order valence-corrected chi connectivity index (χ3v) is 9.78. The second kappa shape index (κ2) is 12.5. The van der Waals surface area contributed by atoms with Gasteiger partial charge < -0.3 is 33.5 Å². The molecular weight excluding hydrogens is 576 g/mol. The summed E-state index contributed by atoms with van der Waals surface area (Å²) in [5.74, 6) is -1.22. The van der Waals surface area contributed by atoms with Gasteiger partial charge in [-0.1, -0.05) is 67.2 Å². The van der Waals surface area contributed by atoms with E-state index in [-0.39, 0.29) is 19.8 Å². The smallest absolute Gasteiger partial charge is 0.303 e. The molecular formula is C36H46O9. The van der Waals surface area contributed by atoms with E-state index < -0.39 is 64.5 Å². The summed E-state index contributed by atoms with van der Waals surface area (Å²) < 4.78 is 39.5. The molecule has 5 rings (SSSR count).